The molecule has 15 N–H and O–H groups in total. The maximum Gasteiger partial charge on any atom is 0.419 e. The lowest BCUT2D eigenvalue weighted by molar-refractivity contribution is -0.263. The Hall–Kier alpha value is -11.9. The van der Waals surface area contributed by atoms with E-state index < -0.39 is 89.1 Å². The van der Waals surface area contributed by atoms with Crippen molar-refractivity contribution in [2.75, 3.05) is 38.5 Å². The van der Waals surface area contributed by atoms with E-state index in [1.807, 2.05) is 17.4 Å². The summed E-state index contributed by atoms with van der Waals surface area (Å²) in [5.41, 5.74) is 13.4. The van der Waals surface area contributed by atoms with Gasteiger partial charge in [-0.3, -0.25) is 24.4 Å². The molecule has 0 aromatic heterocycles. The monoisotopic (exact) mass is 1370 g/mol. The molecule has 98 heavy (non-hydrogen) atoms. The number of amides is 3. The van der Waals surface area contributed by atoms with E-state index in [0.717, 1.165) is 49.0 Å². The molecule has 512 valence electrons. The molecule has 0 saturated heterocycles. The summed E-state index contributed by atoms with van der Waals surface area (Å²) in [5.74, 6) is 25.7. The molecule has 0 aliphatic carbocycles. The topological polar surface area (TPSA) is 348 Å². The van der Waals surface area contributed by atoms with E-state index in [9.17, 15) is 78.5 Å². The number of carbonyl (C=O) groups is 6. The number of benzene rings is 6. The SMILES string of the molecule is CN[C@H](C(=O)OC)[C@](C)(O)C(F)(F)F.COC(=O)[C@@H](NC(=O)c1ccc(C#CC#Cc2ccc(N)cc2)cc1)[C@](C)(O)C(F)(F)F.C[C@](O)([C@H](NC(=O)c1ccc(C#CC#Cc2ccc(N)cc2)cc1)C(=O)NO)C(F)(F)F.Nc1ccc(C#CC#Cc2ccc(C(=O)O)cc2)cc1. The number of hydroxylamine groups is 1. The molecule has 3 amide bonds. The van der Waals surface area contributed by atoms with Crippen LogP contribution in [0.5, 0.6) is 0 Å². The van der Waals surface area contributed by atoms with E-state index in [2.05, 4.69) is 85.8 Å². The Morgan fingerprint density at radius 1 is 0.398 bits per heavy atom. The molecule has 0 spiro atoms. The normalized spacial score (nSPS) is 13.1. The molecular formula is C69H60F9N7O13. The van der Waals surface area contributed by atoms with Crippen LogP contribution in [0.1, 0.15) is 85.2 Å². The van der Waals surface area contributed by atoms with Crippen molar-refractivity contribution in [1.82, 2.24) is 21.4 Å². The number of nitrogens with one attached hydrogen (secondary N) is 4. The van der Waals surface area contributed by atoms with Gasteiger partial charge in [-0.1, -0.05) is 35.5 Å². The molecule has 0 aliphatic heterocycles. The standard InChI is InChI=1S/C23H19F3N2O4.C22H18F3N3O4.C17H11NO2.C7H12F3NO3/c1-22(31,23(24,25)26)19(21(30)32-2)28-20(29)17-11-7-15(8-12-17)5-3-4-6-16-9-13-18(27)14-10-16;1-21(31,22(23,24)25)18(20(30)28-32)27-19(29)16-10-6-14(7-11-16)4-2-3-5-15-8-12-17(26)13-9-15;18-16-11-7-14(8-12-16)4-2-1-3-13-5-9-15(10-6-13)17(19)20;1-6(13,7(8,9)10)4(11-2)5(12)14-3/h7-14,19,31H,27H2,1-2H3,(H,28,29);6-13,18,31-32H,26H2,1H3,(H,27,29)(H,28,30);5-12H,18H2,(H,19,20);4,11,13H,1-3H3/t19-,22+;18-,21+;;4-,6+/m11.1/s1. The number of methoxy groups -OCH3 is 2. The number of anilines is 3. The zero-order valence-corrected chi connectivity index (χ0v) is 52.2. The smallest absolute Gasteiger partial charge is 0.419 e. The van der Waals surface area contributed by atoms with Gasteiger partial charge in [-0.05, 0) is 209 Å². The summed E-state index contributed by atoms with van der Waals surface area (Å²) >= 11 is 0. The first kappa shape index (κ1) is 80.3. The van der Waals surface area contributed by atoms with Crippen molar-refractivity contribution in [3.05, 3.63) is 196 Å². The van der Waals surface area contributed by atoms with Crippen molar-refractivity contribution >= 4 is 52.7 Å². The van der Waals surface area contributed by atoms with Crippen LogP contribution in [0.25, 0.3) is 0 Å². The Bertz CT molecular complexity index is 3990. The molecule has 0 fully saturated rings. The fourth-order valence-corrected chi connectivity index (χ4v) is 7.16. The van der Waals surface area contributed by atoms with Gasteiger partial charge in [0, 0.05) is 61.6 Å². The van der Waals surface area contributed by atoms with Crippen molar-refractivity contribution in [3.63, 3.8) is 0 Å². The highest BCUT2D eigenvalue weighted by atomic mass is 19.4. The molecule has 6 atom stereocenters. The second kappa shape index (κ2) is 36.1. The number of nitrogens with two attached hydrogens (primary N) is 3. The van der Waals surface area contributed by atoms with Crippen molar-refractivity contribution in [3.8, 4) is 71.0 Å². The number of ether oxygens (including phenoxy) is 2. The first-order valence-corrected chi connectivity index (χ1v) is 27.7. The Morgan fingerprint density at radius 2 is 0.622 bits per heavy atom. The van der Waals surface area contributed by atoms with Gasteiger partial charge in [-0.2, -0.15) is 39.5 Å². The minimum Gasteiger partial charge on any atom is -0.478 e. The molecule has 0 unspecified atom stereocenters. The molecule has 6 rings (SSSR count). The lowest BCUT2D eigenvalue weighted by Crippen LogP contribution is -2.64. The summed E-state index contributed by atoms with van der Waals surface area (Å²) in [6, 6.07) is 31.5. The number of esters is 2. The lowest BCUT2D eigenvalue weighted by Gasteiger charge is -2.33. The largest absolute Gasteiger partial charge is 0.478 e. The minimum atomic E-state index is -5.26. The zero-order chi connectivity index (χ0) is 73.8. The predicted molar refractivity (Wildman–Crippen MR) is 339 cm³/mol. The maximum atomic E-state index is 13.1. The molecule has 29 heteroatoms. The molecule has 0 aliphatic rings. The summed E-state index contributed by atoms with van der Waals surface area (Å²) in [6.07, 6.45) is -15.4. The summed E-state index contributed by atoms with van der Waals surface area (Å²) in [5, 5.41) is 51.8. The third-order valence-corrected chi connectivity index (χ3v) is 13.1. The Labute approximate surface area is 555 Å². The van der Waals surface area contributed by atoms with Crippen molar-refractivity contribution in [1.29, 1.82) is 0 Å². The third-order valence-electron chi connectivity index (χ3n) is 13.1. The molecule has 0 saturated carbocycles. The Balaban J connectivity index is 0.000000356. The van der Waals surface area contributed by atoms with Crippen molar-refractivity contribution in [2.45, 2.75) is 74.2 Å². The fraction of sp³-hybridized carbons (Fsp3) is 0.217. The van der Waals surface area contributed by atoms with Gasteiger partial charge in [0.25, 0.3) is 17.7 Å². The van der Waals surface area contributed by atoms with Crippen LogP contribution in [0, 0.1) is 71.0 Å². The summed E-state index contributed by atoms with van der Waals surface area (Å²) in [4.78, 5) is 69.6. The maximum absolute atomic E-state index is 13.1. The van der Waals surface area contributed by atoms with Crippen LogP contribution in [0.3, 0.4) is 0 Å². The van der Waals surface area contributed by atoms with Crippen LogP contribution in [0.15, 0.2) is 146 Å². The van der Waals surface area contributed by atoms with Gasteiger partial charge in [0.2, 0.25) is 0 Å². The number of aliphatic hydroxyl groups is 3. The number of nitrogen functional groups attached to an aromatic ring is 3. The molecule has 6 aromatic carbocycles. The number of halogens is 9. The van der Waals surface area contributed by atoms with E-state index in [1.165, 1.54) is 60.7 Å². The number of hydrogen-bond donors (Lipinski definition) is 12. The van der Waals surface area contributed by atoms with Crippen LogP contribution >= 0.6 is 0 Å². The average Bonchev–Trinajstić information content (AvgIpc) is 0.805. The number of likely N-dealkylation sites (N-methyl/N-ethyl adjacent to an activating group) is 1. The van der Waals surface area contributed by atoms with E-state index in [0.29, 0.717) is 49.0 Å². The number of carboxylic acids is 1. The van der Waals surface area contributed by atoms with Gasteiger partial charge in [-0.25, -0.2) is 15.1 Å². The number of rotatable bonds is 12. The summed E-state index contributed by atoms with van der Waals surface area (Å²) in [6.45, 7) is 1.18. The second-order valence-corrected chi connectivity index (χ2v) is 20.4. The molecule has 0 heterocycles. The van der Waals surface area contributed by atoms with Gasteiger partial charge in [-0.15, -0.1) is 0 Å². The van der Waals surface area contributed by atoms with Crippen molar-refractivity contribution < 1.29 is 103 Å². The average molecular weight is 1370 g/mol. The van der Waals surface area contributed by atoms with E-state index >= 15 is 0 Å². The summed E-state index contributed by atoms with van der Waals surface area (Å²) in [7, 11) is 2.92. The van der Waals surface area contributed by atoms with Crippen LogP contribution < -0.4 is 38.6 Å². The quantitative estimate of drug-likeness (QED) is 0.0160. The van der Waals surface area contributed by atoms with E-state index in [-0.39, 0.29) is 16.7 Å². The third kappa shape index (κ3) is 24.4. The van der Waals surface area contributed by atoms with Crippen molar-refractivity contribution in [2.24, 2.45) is 0 Å². The molecule has 0 radical (unpaired) electrons. The zero-order valence-electron chi connectivity index (χ0n) is 52.2. The highest BCUT2D eigenvalue weighted by molar-refractivity contribution is 5.98. The fourth-order valence-electron chi connectivity index (χ4n) is 7.16. The van der Waals surface area contributed by atoms with Gasteiger partial charge < -0.3 is 63.1 Å². The van der Waals surface area contributed by atoms with Crippen LogP contribution in [-0.4, -0.2) is 136 Å². The Morgan fingerprint density at radius 3 is 0.857 bits per heavy atom. The Kier molecular flexibility index (Phi) is 29.6. The predicted octanol–water partition coefficient (Wildman–Crippen LogP) is 6.28. The van der Waals surface area contributed by atoms with Crippen LogP contribution in [-0.2, 0) is 23.9 Å². The van der Waals surface area contributed by atoms with Gasteiger partial charge in [0.1, 0.15) is 12.1 Å². The number of carboxylic acid groups (broad SMARTS) is 1. The minimum absolute atomic E-state index is 0.0459. The van der Waals surface area contributed by atoms with E-state index in [1.54, 1.807) is 78.1 Å². The second-order valence-electron chi connectivity index (χ2n) is 20.4. The first-order chi connectivity index (χ1) is 45.7. The van der Waals surface area contributed by atoms with Gasteiger partial charge >= 0.3 is 36.4 Å². The number of alkyl halides is 9. The highest BCUT2D eigenvalue weighted by Crippen LogP contribution is 2.35. The first-order valence-electron chi connectivity index (χ1n) is 27.7. The molecule has 0 bridgehead atoms. The number of carbonyl (C=O) groups excluding carboxylic acids is 5. The molecule has 20 nitrogen and oxygen atoms in total. The number of aromatic carboxylic acids is 1. The molecular weight excluding hydrogens is 1310 g/mol. The van der Waals surface area contributed by atoms with E-state index in [4.69, 9.17) is 32.6 Å². The molecule has 6 aromatic rings. The van der Waals surface area contributed by atoms with Gasteiger partial charge in [0.15, 0.2) is 22.8 Å². The van der Waals surface area contributed by atoms with Crippen LogP contribution in [0.4, 0.5) is 56.6 Å². The van der Waals surface area contributed by atoms with Crippen LogP contribution in [0.2, 0.25) is 0 Å². The van der Waals surface area contributed by atoms with Gasteiger partial charge in [0.05, 0.1) is 19.8 Å². The lowest BCUT2D eigenvalue weighted by atomic mass is 9.94. The number of hydrogen-bond acceptors (Lipinski definition) is 16. The highest BCUT2D eigenvalue weighted by Gasteiger charge is 2.60. The summed E-state index contributed by atoms with van der Waals surface area (Å²) < 4.78 is 124.